The third-order valence-electron chi connectivity index (χ3n) is 2.70. The predicted octanol–water partition coefficient (Wildman–Crippen LogP) is 6.62. The predicted molar refractivity (Wildman–Crippen MR) is 92.3 cm³/mol. The van der Waals surface area contributed by atoms with Crippen molar-refractivity contribution in [3.63, 3.8) is 0 Å². The second-order valence-electron chi connectivity index (χ2n) is 5.13. The average Bonchev–Trinajstić information content (AvgIpc) is 2.12. The van der Waals surface area contributed by atoms with Gasteiger partial charge in [0.25, 0.3) is 0 Å². The van der Waals surface area contributed by atoms with E-state index in [1.165, 1.54) is 0 Å². The first-order valence-corrected chi connectivity index (χ1v) is 9.17. The molecule has 0 aliphatic heterocycles. The van der Waals surface area contributed by atoms with E-state index in [0.717, 1.165) is 12.8 Å². The van der Waals surface area contributed by atoms with Gasteiger partial charge in [0.1, 0.15) is 0 Å². The average molecular weight is 391 g/mol. The molecule has 6 heteroatoms. The molecular weight excluding hydrogens is 369 g/mol. The Labute approximate surface area is 147 Å². The van der Waals surface area contributed by atoms with Crippen molar-refractivity contribution in [1.29, 1.82) is 0 Å². The number of rotatable bonds is 10. The Balaban J connectivity index is 3.88. The van der Waals surface area contributed by atoms with E-state index in [9.17, 15) is 0 Å². The molecule has 116 valence electrons. The largest absolute Gasteiger partial charge is 0.123 e. The SMILES string of the molecule is CC(Cl)CC(Cl)CC(Cl)CC(Cl)CC(Cl)CC(C)Cl. The summed E-state index contributed by atoms with van der Waals surface area (Å²) in [5, 5.41) is 0.0312. The molecule has 0 aliphatic carbocycles. The lowest BCUT2D eigenvalue weighted by atomic mass is 10.0. The van der Waals surface area contributed by atoms with Crippen molar-refractivity contribution in [2.75, 3.05) is 0 Å². The van der Waals surface area contributed by atoms with Crippen LogP contribution in [0.4, 0.5) is 0 Å². The van der Waals surface area contributed by atoms with E-state index < -0.39 is 0 Å². The molecule has 0 radical (unpaired) electrons. The lowest BCUT2D eigenvalue weighted by Gasteiger charge is -2.19. The first-order valence-electron chi connectivity index (χ1n) is 6.55. The molecule has 0 aliphatic rings. The molecule has 0 aromatic carbocycles. The molecule has 0 nitrogen and oxygen atoms in total. The van der Waals surface area contributed by atoms with Crippen molar-refractivity contribution < 1.29 is 0 Å². The van der Waals surface area contributed by atoms with Gasteiger partial charge >= 0.3 is 0 Å². The van der Waals surface area contributed by atoms with E-state index >= 15 is 0 Å². The molecule has 6 atom stereocenters. The highest BCUT2D eigenvalue weighted by Crippen LogP contribution is 2.26. The molecule has 0 heterocycles. The number of hydrogen-bond donors (Lipinski definition) is 0. The molecule has 0 amide bonds. The fraction of sp³-hybridized carbons (Fsp3) is 1.00. The fourth-order valence-corrected chi connectivity index (χ4v) is 4.63. The highest BCUT2D eigenvalue weighted by atomic mass is 35.5. The lowest BCUT2D eigenvalue weighted by Crippen LogP contribution is -2.18. The molecule has 0 spiro atoms. The third kappa shape index (κ3) is 13.1. The third-order valence-corrected chi connectivity index (χ3v) is 4.48. The summed E-state index contributed by atoms with van der Waals surface area (Å²) in [4.78, 5) is 0. The van der Waals surface area contributed by atoms with Gasteiger partial charge in [-0.1, -0.05) is 0 Å². The molecule has 0 N–H and O–H groups in total. The Bertz CT molecular complexity index is 199. The summed E-state index contributed by atoms with van der Waals surface area (Å²) in [7, 11) is 0. The van der Waals surface area contributed by atoms with Crippen molar-refractivity contribution in [2.24, 2.45) is 0 Å². The molecule has 0 bridgehead atoms. The van der Waals surface area contributed by atoms with Gasteiger partial charge in [0.15, 0.2) is 0 Å². The quantitative estimate of drug-likeness (QED) is 0.367. The van der Waals surface area contributed by atoms with Gasteiger partial charge in [-0.2, -0.15) is 0 Å². The molecule has 0 saturated carbocycles. The zero-order valence-electron chi connectivity index (χ0n) is 11.3. The van der Waals surface area contributed by atoms with Crippen LogP contribution in [0.15, 0.2) is 0 Å². The standard InChI is InChI=1S/C13H22Cl6/c1-8(14)3-10(16)5-12(18)7-13(19)6-11(17)4-9(2)15/h8-13H,3-7H2,1-2H3. The zero-order chi connectivity index (χ0) is 15.0. The summed E-state index contributed by atoms with van der Waals surface area (Å²) in [6.45, 7) is 3.85. The summed E-state index contributed by atoms with van der Waals surface area (Å²) in [6, 6.07) is 0. The maximum atomic E-state index is 6.26. The van der Waals surface area contributed by atoms with E-state index in [4.69, 9.17) is 69.6 Å². The van der Waals surface area contributed by atoms with Gasteiger partial charge in [-0.25, -0.2) is 0 Å². The molecule has 0 aromatic heterocycles. The van der Waals surface area contributed by atoms with Crippen molar-refractivity contribution in [3.05, 3.63) is 0 Å². The van der Waals surface area contributed by atoms with Gasteiger partial charge < -0.3 is 0 Å². The molecule has 6 unspecified atom stereocenters. The zero-order valence-corrected chi connectivity index (χ0v) is 15.8. The Morgan fingerprint density at radius 2 is 0.684 bits per heavy atom. The van der Waals surface area contributed by atoms with Crippen LogP contribution in [-0.4, -0.2) is 32.3 Å². The smallest absolute Gasteiger partial charge is 0.0364 e. The normalized spacial score (nSPS) is 21.5. The molecule has 0 saturated heterocycles. The van der Waals surface area contributed by atoms with Crippen LogP contribution in [0.5, 0.6) is 0 Å². The second kappa shape index (κ2) is 11.3. The maximum absolute atomic E-state index is 6.26. The minimum Gasteiger partial charge on any atom is -0.123 e. The second-order valence-corrected chi connectivity index (χ2v) is 9.09. The Hall–Kier alpha value is 1.74. The molecule has 19 heavy (non-hydrogen) atoms. The minimum absolute atomic E-state index is 0.00599. The first kappa shape index (κ1) is 20.7. The molecule has 0 fully saturated rings. The van der Waals surface area contributed by atoms with Crippen LogP contribution >= 0.6 is 69.6 Å². The van der Waals surface area contributed by atoms with E-state index in [1.807, 2.05) is 13.8 Å². The van der Waals surface area contributed by atoms with Crippen molar-refractivity contribution >= 4 is 69.6 Å². The Kier molecular flexibility index (Phi) is 12.4. The molecular formula is C13H22Cl6. The van der Waals surface area contributed by atoms with Crippen LogP contribution in [0.3, 0.4) is 0 Å². The fourth-order valence-electron chi connectivity index (χ4n) is 1.92. The van der Waals surface area contributed by atoms with Crippen LogP contribution < -0.4 is 0 Å². The van der Waals surface area contributed by atoms with Crippen molar-refractivity contribution in [2.45, 2.75) is 78.2 Å². The van der Waals surface area contributed by atoms with Gasteiger partial charge in [0.05, 0.1) is 0 Å². The molecule has 0 rings (SSSR count). The number of alkyl halides is 6. The minimum atomic E-state index is -0.0438. The van der Waals surface area contributed by atoms with E-state index in [1.54, 1.807) is 0 Å². The highest BCUT2D eigenvalue weighted by molar-refractivity contribution is 6.26. The van der Waals surface area contributed by atoms with E-state index in [0.29, 0.717) is 19.3 Å². The topological polar surface area (TPSA) is 0 Å². The van der Waals surface area contributed by atoms with Gasteiger partial charge in [0, 0.05) is 32.3 Å². The van der Waals surface area contributed by atoms with Crippen LogP contribution in [-0.2, 0) is 0 Å². The Morgan fingerprint density at radius 3 is 0.895 bits per heavy atom. The summed E-state index contributed by atoms with van der Waals surface area (Å²) in [5.74, 6) is 0. The summed E-state index contributed by atoms with van der Waals surface area (Å²) >= 11 is 36.7. The van der Waals surface area contributed by atoms with Crippen molar-refractivity contribution in [3.8, 4) is 0 Å². The van der Waals surface area contributed by atoms with E-state index in [-0.39, 0.29) is 32.3 Å². The van der Waals surface area contributed by atoms with Crippen LogP contribution in [0.25, 0.3) is 0 Å². The van der Waals surface area contributed by atoms with Crippen LogP contribution in [0.2, 0.25) is 0 Å². The van der Waals surface area contributed by atoms with Crippen LogP contribution in [0, 0.1) is 0 Å². The Morgan fingerprint density at radius 1 is 0.474 bits per heavy atom. The summed E-state index contributed by atoms with van der Waals surface area (Å²) < 4.78 is 0. The van der Waals surface area contributed by atoms with Crippen molar-refractivity contribution in [1.82, 2.24) is 0 Å². The molecule has 0 aromatic rings. The van der Waals surface area contributed by atoms with Gasteiger partial charge in [-0.05, 0) is 46.0 Å². The van der Waals surface area contributed by atoms with E-state index in [2.05, 4.69) is 0 Å². The number of hydrogen-bond acceptors (Lipinski definition) is 0. The van der Waals surface area contributed by atoms with Gasteiger partial charge in [0.2, 0.25) is 0 Å². The number of halogens is 6. The summed E-state index contributed by atoms with van der Waals surface area (Å²) in [6.07, 6.45) is 3.62. The maximum Gasteiger partial charge on any atom is 0.0364 e. The van der Waals surface area contributed by atoms with Crippen LogP contribution in [0.1, 0.15) is 46.0 Å². The lowest BCUT2D eigenvalue weighted by molar-refractivity contribution is 0.574. The van der Waals surface area contributed by atoms with Gasteiger partial charge in [-0.15, -0.1) is 69.6 Å². The summed E-state index contributed by atoms with van der Waals surface area (Å²) in [5.41, 5.74) is 0. The monoisotopic (exact) mass is 388 g/mol. The first-order chi connectivity index (χ1) is 8.70. The highest BCUT2D eigenvalue weighted by Gasteiger charge is 2.20. The van der Waals surface area contributed by atoms with Gasteiger partial charge in [-0.3, -0.25) is 0 Å².